The summed E-state index contributed by atoms with van der Waals surface area (Å²) in [5, 5.41) is 3.94. The maximum Gasteiger partial charge on any atom is 0.179 e. The van der Waals surface area contributed by atoms with Crippen LogP contribution in [0.4, 0.5) is 0 Å². The van der Waals surface area contributed by atoms with Crippen molar-refractivity contribution in [2.24, 2.45) is 5.92 Å². The van der Waals surface area contributed by atoms with Crippen LogP contribution in [-0.2, 0) is 9.84 Å². The summed E-state index contributed by atoms with van der Waals surface area (Å²) in [5.41, 5.74) is 0. The van der Waals surface area contributed by atoms with Crippen molar-refractivity contribution in [3.05, 3.63) is 29.3 Å². The van der Waals surface area contributed by atoms with E-state index >= 15 is 0 Å². The van der Waals surface area contributed by atoms with Crippen LogP contribution in [0, 0.1) is 5.92 Å². The molecule has 2 unspecified atom stereocenters. The molecule has 1 aliphatic carbocycles. The smallest absolute Gasteiger partial charge is 0.179 e. The van der Waals surface area contributed by atoms with Crippen LogP contribution in [0.3, 0.4) is 0 Å². The molecule has 0 spiro atoms. The van der Waals surface area contributed by atoms with Gasteiger partial charge in [-0.3, -0.25) is 0 Å². The molecule has 0 aliphatic heterocycles. The molecule has 0 bridgehead atoms. The summed E-state index contributed by atoms with van der Waals surface area (Å²) in [7, 11) is -3.21. The molecule has 2 atom stereocenters. The number of hydrogen-bond acceptors (Lipinski definition) is 3. The highest BCUT2D eigenvalue weighted by Gasteiger charge is 2.19. The van der Waals surface area contributed by atoms with Crippen molar-refractivity contribution in [1.29, 1.82) is 0 Å². The van der Waals surface area contributed by atoms with Gasteiger partial charge in [0.15, 0.2) is 9.84 Å². The van der Waals surface area contributed by atoms with Gasteiger partial charge >= 0.3 is 0 Å². The van der Waals surface area contributed by atoms with E-state index in [1.165, 1.54) is 12.8 Å². The van der Waals surface area contributed by atoms with Crippen LogP contribution in [0.1, 0.15) is 32.6 Å². The summed E-state index contributed by atoms with van der Waals surface area (Å²) in [4.78, 5) is 0.348. The average molecular weight is 316 g/mol. The first kappa shape index (κ1) is 15.8. The van der Waals surface area contributed by atoms with Crippen LogP contribution in [-0.4, -0.2) is 26.8 Å². The number of nitrogens with one attached hydrogen (secondary N) is 1. The van der Waals surface area contributed by atoms with Crippen molar-refractivity contribution in [2.45, 2.75) is 43.5 Å². The third-order valence-electron chi connectivity index (χ3n) is 3.91. The quantitative estimate of drug-likeness (QED) is 0.907. The molecule has 1 saturated carbocycles. The highest BCUT2D eigenvalue weighted by molar-refractivity contribution is 7.91. The predicted molar refractivity (Wildman–Crippen MR) is 82.9 cm³/mol. The van der Waals surface area contributed by atoms with E-state index in [1.807, 2.05) is 0 Å². The normalized spacial score (nSPS) is 23.7. The second kappa shape index (κ2) is 6.92. The predicted octanol–water partition coefficient (Wildman–Crippen LogP) is 3.28. The fourth-order valence-electron chi connectivity index (χ4n) is 2.78. The van der Waals surface area contributed by atoms with Crippen molar-refractivity contribution in [2.75, 3.05) is 12.3 Å². The van der Waals surface area contributed by atoms with Gasteiger partial charge in [0.05, 0.1) is 10.6 Å². The summed E-state index contributed by atoms with van der Waals surface area (Å²) in [6.45, 7) is 2.78. The molecule has 5 heteroatoms. The first-order valence-corrected chi connectivity index (χ1v) is 9.22. The molecule has 0 aromatic heterocycles. The van der Waals surface area contributed by atoms with E-state index in [2.05, 4.69) is 12.2 Å². The zero-order chi connectivity index (χ0) is 14.6. The molecule has 3 nitrogen and oxygen atoms in total. The number of hydrogen-bond donors (Lipinski definition) is 1. The van der Waals surface area contributed by atoms with Crippen LogP contribution in [0.25, 0.3) is 0 Å². The minimum absolute atomic E-state index is 0.138. The monoisotopic (exact) mass is 315 g/mol. The van der Waals surface area contributed by atoms with E-state index in [4.69, 9.17) is 11.6 Å². The Hall–Kier alpha value is -0.580. The maximum atomic E-state index is 12.2. The van der Waals surface area contributed by atoms with E-state index < -0.39 is 9.84 Å². The second-order valence-corrected chi connectivity index (χ2v) is 8.24. The largest absolute Gasteiger partial charge is 0.313 e. The van der Waals surface area contributed by atoms with Gasteiger partial charge in [-0.05, 0) is 43.0 Å². The zero-order valence-electron chi connectivity index (χ0n) is 11.8. The van der Waals surface area contributed by atoms with Gasteiger partial charge in [0, 0.05) is 17.6 Å². The van der Waals surface area contributed by atoms with Crippen molar-refractivity contribution < 1.29 is 8.42 Å². The Morgan fingerprint density at radius 1 is 1.25 bits per heavy atom. The van der Waals surface area contributed by atoms with Gasteiger partial charge in [0.25, 0.3) is 0 Å². The van der Waals surface area contributed by atoms with Crippen molar-refractivity contribution in [3.63, 3.8) is 0 Å². The molecular weight excluding hydrogens is 294 g/mol. The van der Waals surface area contributed by atoms with Gasteiger partial charge in [-0.2, -0.15) is 0 Å². The summed E-state index contributed by atoms with van der Waals surface area (Å²) >= 11 is 5.77. The Kier molecular flexibility index (Phi) is 5.47. The molecular formula is C15H22ClNO2S. The summed E-state index contributed by atoms with van der Waals surface area (Å²) in [6, 6.07) is 6.84. The Morgan fingerprint density at radius 3 is 2.60 bits per heavy atom. The second-order valence-electron chi connectivity index (χ2n) is 5.70. The van der Waals surface area contributed by atoms with Gasteiger partial charge in [0.1, 0.15) is 0 Å². The number of sulfone groups is 1. The van der Waals surface area contributed by atoms with E-state index in [0.717, 1.165) is 18.8 Å². The number of halogens is 1. The Morgan fingerprint density at radius 2 is 1.95 bits per heavy atom. The van der Waals surface area contributed by atoms with Crippen molar-refractivity contribution >= 4 is 21.4 Å². The van der Waals surface area contributed by atoms with Gasteiger partial charge in [-0.15, -0.1) is 0 Å². The zero-order valence-corrected chi connectivity index (χ0v) is 13.4. The Bertz CT molecular complexity index is 527. The molecule has 1 aliphatic rings. The van der Waals surface area contributed by atoms with Crippen molar-refractivity contribution in [3.8, 4) is 0 Å². The third-order valence-corrected chi connectivity index (χ3v) is 5.90. The van der Waals surface area contributed by atoms with Gasteiger partial charge in [-0.1, -0.05) is 31.4 Å². The molecule has 0 saturated heterocycles. The summed E-state index contributed by atoms with van der Waals surface area (Å²) in [5.74, 6) is 0.883. The topological polar surface area (TPSA) is 46.2 Å². The lowest BCUT2D eigenvalue weighted by molar-refractivity contribution is 0.305. The molecule has 0 amide bonds. The summed E-state index contributed by atoms with van der Waals surface area (Å²) < 4.78 is 24.3. The molecule has 112 valence electrons. The Balaban J connectivity index is 1.85. The van der Waals surface area contributed by atoms with Crippen LogP contribution >= 0.6 is 11.6 Å². The molecule has 1 fully saturated rings. The van der Waals surface area contributed by atoms with Gasteiger partial charge < -0.3 is 5.32 Å². The van der Waals surface area contributed by atoms with E-state index in [-0.39, 0.29) is 5.75 Å². The molecule has 1 aromatic carbocycles. The van der Waals surface area contributed by atoms with Crippen LogP contribution in [0.5, 0.6) is 0 Å². The van der Waals surface area contributed by atoms with Crippen LogP contribution < -0.4 is 5.32 Å². The van der Waals surface area contributed by atoms with Gasteiger partial charge in [-0.25, -0.2) is 8.42 Å². The minimum Gasteiger partial charge on any atom is -0.313 e. The number of rotatable bonds is 5. The molecule has 0 radical (unpaired) electrons. The number of benzene rings is 1. The minimum atomic E-state index is -3.21. The SMILES string of the molecule is CC1CCCC(NCCS(=O)(=O)c2ccc(Cl)cc2)C1. The Labute approximate surface area is 126 Å². The first-order valence-electron chi connectivity index (χ1n) is 7.19. The lowest BCUT2D eigenvalue weighted by Gasteiger charge is -2.27. The fourth-order valence-corrected chi connectivity index (χ4v) is 4.08. The van der Waals surface area contributed by atoms with E-state index in [1.54, 1.807) is 24.3 Å². The van der Waals surface area contributed by atoms with Crippen LogP contribution in [0.15, 0.2) is 29.2 Å². The summed E-state index contributed by atoms with van der Waals surface area (Å²) in [6.07, 6.45) is 4.84. The van der Waals surface area contributed by atoms with Crippen LogP contribution in [0.2, 0.25) is 5.02 Å². The average Bonchev–Trinajstić information content (AvgIpc) is 2.39. The maximum absolute atomic E-state index is 12.2. The van der Waals surface area contributed by atoms with Crippen molar-refractivity contribution in [1.82, 2.24) is 5.32 Å². The van der Waals surface area contributed by atoms with Gasteiger partial charge in [0.2, 0.25) is 0 Å². The lowest BCUT2D eigenvalue weighted by Crippen LogP contribution is -2.36. The molecule has 0 heterocycles. The molecule has 20 heavy (non-hydrogen) atoms. The molecule has 1 aromatic rings. The molecule has 2 rings (SSSR count). The highest BCUT2D eigenvalue weighted by atomic mass is 35.5. The van der Waals surface area contributed by atoms with E-state index in [9.17, 15) is 8.42 Å². The van der Waals surface area contributed by atoms with E-state index in [0.29, 0.717) is 22.5 Å². The third kappa shape index (κ3) is 4.47. The fraction of sp³-hybridized carbons (Fsp3) is 0.600. The highest BCUT2D eigenvalue weighted by Crippen LogP contribution is 2.23. The lowest BCUT2D eigenvalue weighted by atomic mass is 9.87. The standard InChI is InChI=1S/C15H22ClNO2S/c1-12-3-2-4-14(11-12)17-9-10-20(18,19)15-7-5-13(16)6-8-15/h5-8,12,14,17H,2-4,9-11H2,1H3. The first-order chi connectivity index (χ1) is 9.47. The molecule has 1 N–H and O–H groups in total.